The van der Waals surface area contributed by atoms with Crippen molar-refractivity contribution in [3.05, 3.63) is 69.4 Å². The van der Waals surface area contributed by atoms with Crippen molar-refractivity contribution >= 4 is 21.7 Å². The molecular weight excluding hydrogens is 331 g/mol. The smallest absolute Gasteiger partial charge is 0.164 e. The third kappa shape index (κ3) is 3.08. The minimum absolute atomic E-state index is 0.0728. The number of benzene rings is 2. The second kappa shape index (κ2) is 6.10. The van der Waals surface area contributed by atoms with Crippen LogP contribution in [0, 0.1) is 5.82 Å². The average Bonchev–Trinajstić information content (AvgIpc) is 2.47. The third-order valence-electron chi connectivity index (χ3n) is 4.16. The molecule has 0 spiro atoms. The van der Waals surface area contributed by atoms with Gasteiger partial charge in [0.25, 0.3) is 0 Å². The number of fused-ring (bicyclic) bond motifs is 1. The number of hydrogen-bond donors (Lipinski definition) is 0. The van der Waals surface area contributed by atoms with Crippen LogP contribution in [0.2, 0.25) is 0 Å². The highest BCUT2D eigenvalue weighted by Gasteiger charge is 2.23. The Morgan fingerprint density at radius 2 is 2.05 bits per heavy atom. The van der Waals surface area contributed by atoms with Crippen LogP contribution in [0.1, 0.15) is 46.7 Å². The molecule has 0 heterocycles. The molecule has 1 unspecified atom stereocenters. The number of carbonyl (C=O) groups excluding carboxylic acids is 1. The molecule has 2 aromatic rings. The maximum atomic E-state index is 13.1. The van der Waals surface area contributed by atoms with Gasteiger partial charge in [0.2, 0.25) is 0 Å². The van der Waals surface area contributed by atoms with Gasteiger partial charge in [-0.3, -0.25) is 4.79 Å². The number of hydrogen-bond acceptors (Lipinski definition) is 1. The van der Waals surface area contributed by atoms with Gasteiger partial charge in [-0.25, -0.2) is 4.39 Å². The highest BCUT2D eigenvalue weighted by Crippen LogP contribution is 2.35. The second-order valence-corrected chi connectivity index (χ2v) is 6.39. The Bertz CT molecular complexity index is 681. The lowest BCUT2D eigenvalue weighted by atomic mass is 9.79. The highest BCUT2D eigenvalue weighted by molar-refractivity contribution is 9.10. The van der Waals surface area contributed by atoms with Crippen LogP contribution in [0.25, 0.3) is 0 Å². The fraction of sp³-hybridized carbons (Fsp3) is 0.278. The summed E-state index contributed by atoms with van der Waals surface area (Å²) in [6, 6.07) is 12.6. The van der Waals surface area contributed by atoms with E-state index in [1.54, 1.807) is 6.07 Å². The number of carbonyl (C=O) groups is 1. The van der Waals surface area contributed by atoms with Crippen LogP contribution in [0.3, 0.4) is 0 Å². The van der Waals surface area contributed by atoms with E-state index in [4.69, 9.17) is 0 Å². The molecule has 0 saturated heterocycles. The van der Waals surface area contributed by atoms with Crippen molar-refractivity contribution < 1.29 is 9.18 Å². The van der Waals surface area contributed by atoms with E-state index in [1.165, 1.54) is 23.3 Å². The second-order valence-electron chi connectivity index (χ2n) is 5.54. The fourth-order valence-electron chi connectivity index (χ4n) is 3.12. The molecule has 0 saturated carbocycles. The van der Waals surface area contributed by atoms with Crippen molar-refractivity contribution in [2.75, 3.05) is 0 Å². The molecule has 0 amide bonds. The standard InChI is InChI=1S/C18H16BrFO/c19-17-11-14(20)8-9-16(17)18(21)10-13-6-3-5-12-4-1-2-7-15(12)13/h1-2,4,7-9,11,13H,3,5-6,10H2. The van der Waals surface area contributed by atoms with Gasteiger partial charge in [0, 0.05) is 16.5 Å². The van der Waals surface area contributed by atoms with Crippen molar-refractivity contribution in [3.8, 4) is 0 Å². The summed E-state index contributed by atoms with van der Waals surface area (Å²) in [6.45, 7) is 0. The average molecular weight is 347 g/mol. The van der Waals surface area contributed by atoms with Crippen molar-refractivity contribution in [1.29, 1.82) is 0 Å². The van der Waals surface area contributed by atoms with Crippen molar-refractivity contribution in [2.24, 2.45) is 0 Å². The van der Waals surface area contributed by atoms with E-state index in [1.807, 2.05) is 6.07 Å². The zero-order valence-corrected chi connectivity index (χ0v) is 13.2. The Labute approximate surface area is 132 Å². The molecule has 0 fully saturated rings. The van der Waals surface area contributed by atoms with Gasteiger partial charge in [-0.1, -0.05) is 24.3 Å². The number of rotatable bonds is 3. The van der Waals surface area contributed by atoms with E-state index >= 15 is 0 Å². The summed E-state index contributed by atoms with van der Waals surface area (Å²) in [4.78, 5) is 12.5. The van der Waals surface area contributed by atoms with E-state index in [9.17, 15) is 9.18 Å². The van der Waals surface area contributed by atoms with Crippen molar-refractivity contribution in [3.63, 3.8) is 0 Å². The first kappa shape index (κ1) is 14.5. The molecule has 0 aromatic heterocycles. The Morgan fingerprint density at radius 1 is 1.24 bits per heavy atom. The Hall–Kier alpha value is -1.48. The molecule has 0 aliphatic heterocycles. The number of halogens is 2. The lowest BCUT2D eigenvalue weighted by molar-refractivity contribution is 0.0970. The van der Waals surface area contributed by atoms with Gasteiger partial charge in [0.05, 0.1) is 0 Å². The van der Waals surface area contributed by atoms with Crippen LogP contribution < -0.4 is 0 Å². The summed E-state index contributed by atoms with van der Waals surface area (Å²) >= 11 is 3.28. The van der Waals surface area contributed by atoms with Crippen LogP contribution in [-0.4, -0.2) is 5.78 Å². The lowest BCUT2D eigenvalue weighted by Gasteiger charge is -2.25. The van der Waals surface area contributed by atoms with E-state index in [2.05, 4.69) is 34.1 Å². The van der Waals surface area contributed by atoms with Crippen LogP contribution in [0.15, 0.2) is 46.9 Å². The van der Waals surface area contributed by atoms with Gasteiger partial charge in [-0.05, 0) is 70.4 Å². The van der Waals surface area contributed by atoms with Gasteiger partial charge in [-0.15, -0.1) is 0 Å². The van der Waals surface area contributed by atoms with Crippen molar-refractivity contribution in [2.45, 2.75) is 31.6 Å². The number of ketones is 1. The van der Waals surface area contributed by atoms with E-state index < -0.39 is 0 Å². The normalized spacial score (nSPS) is 17.3. The summed E-state index contributed by atoms with van der Waals surface area (Å²) in [5.74, 6) is 0.0180. The molecule has 2 aromatic carbocycles. The molecule has 108 valence electrons. The Balaban J connectivity index is 1.83. The molecule has 0 N–H and O–H groups in total. The quantitative estimate of drug-likeness (QED) is 0.691. The molecule has 1 atom stereocenters. The third-order valence-corrected chi connectivity index (χ3v) is 4.81. The van der Waals surface area contributed by atoms with Gasteiger partial charge < -0.3 is 0 Å². The molecule has 0 bridgehead atoms. The monoisotopic (exact) mass is 346 g/mol. The zero-order valence-electron chi connectivity index (χ0n) is 11.6. The largest absolute Gasteiger partial charge is 0.294 e. The molecular formula is C18H16BrFO. The maximum Gasteiger partial charge on any atom is 0.164 e. The molecule has 21 heavy (non-hydrogen) atoms. The summed E-state index contributed by atoms with van der Waals surface area (Å²) < 4.78 is 13.7. The lowest BCUT2D eigenvalue weighted by Crippen LogP contribution is -2.14. The fourth-order valence-corrected chi connectivity index (χ4v) is 3.69. The van der Waals surface area contributed by atoms with Gasteiger partial charge in [0.15, 0.2) is 5.78 Å². The predicted molar refractivity (Wildman–Crippen MR) is 85.2 cm³/mol. The van der Waals surface area contributed by atoms with Crippen LogP contribution >= 0.6 is 15.9 Å². The minimum atomic E-state index is -0.332. The number of Topliss-reactive ketones (excluding diaryl/α,β-unsaturated/α-hetero) is 1. The molecule has 3 heteroatoms. The predicted octanol–water partition coefficient (Wildman–Crippen LogP) is 5.28. The topological polar surface area (TPSA) is 17.1 Å². The molecule has 1 nitrogen and oxygen atoms in total. The first-order chi connectivity index (χ1) is 10.1. The van der Waals surface area contributed by atoms with Crippen LogP contribution in [0.5, 0.6) is 0 Å². The summed E-state index contributed by atoms with van der Waals surface area (Å²) in [6.07, 6.45) is 3.75. The van der Waals surface area contributed by atoms with Crippen LogP contribution in [0.4, 0.5) is 4.39 Å². The maximum absolute atomic E-state index is 13.1. The summed E-state index contributed by atoms with van der Waals surface area (Å²) in [5.41, 5.74) is 3.23. The van der Waals surface area contributed by atoms with Crippen molar-refractivity contribution in [1.82, 2.24) is 0 Å². The Morgan fingerprint density at radius 3 is 2.86 bits per heavy atom. The van der Waals surface area contributed by atoms with Gasteiger partial charge in [0.1, 0.15) is 5.82 Å². The minimum Gasteiger partial charge on any atom is -0.294 e. The molecule has 1 aliphatic rings. The van der Waals surface area contributed by atoms with Gasteiger partial charge in [-0.2, -0.15) is 0 Å². The Kier molecular flexibility index (Phi) is 4.20. The summed E-state index contributed by atoms with van der Waals surface area (Å²) in [7, 11) is 0. The molecule has 1 aliphatic carbocycles. The van der Waals surface area contributed by atoms with E-state index in [-0.39, 0.29) is 17.5 Å². The first-order valence-corrected chi connectivity index (χ1v) is 8.00. The van der Waals surface area contributed by atoms with Crippen LogP contribution in [-0.2, 0) is 6.42 Å². The highest BCUT2D eigenvalue weighted by atomic mass is 79.9. The van der Waals surface area contributed by atoms with E-state index in [0.29, 0.717) is 16.5 Å². The molecule has 0 radical (unpaired) electrons. The molecule has 3 rings (SSSR count). The summed E-state index contributed by atoms with van der Waals surface area (Å²) in [5, 5.41) is 0. The SMILES string of the molecule is O=C(CC1CCCc2ccccc21)c1ccc(F)cc1Br. The number of aryl methyl sites for hydroxylation is 1. The van der Waals surface area contributed by atoms with Gasteiger partial charge >= 0.3 is 0 Å². The van der Waals surface area contributed by atoms with E-state index in [0.717, 1.165) is 19.3 Å². The first-order valence-electron chi connectivity index (χ1n) is 7.21. The zero-order chi connectivity index (χ0) is 14.8.